The van der Waals surface area contributed by atoms with Gasteiger partial charge < -0.3 is 16.4 Å². The SMILES string of the molecule is CC(C)CCNc1ncc(-c2cnc3ccc(NC4CCC(N)CC4)nn23)cn1. The van der Waals surface area contributed by atoms with E-state index in [1.54, 1.807) is 0 Å². The molecule has 8 nitrogen and oxygen atoms in total. The summed E-state index contributed by atoms with van der Waals surface area (Å²) in [6.45, 7) is 5.28. The van der Waals surface area contributed by atoms with Gasteiger partial charge in [-0.15, -0.1) is 5.10 Å². The second-order valence-corrected chi connectivity index (χ2v) is 8.29. The van der Waals surface area contributed by atoms with Gasteiger partial charge in [-0.2, -0.15) is 0 Å². The van der Waals surface area contributed by atoms with Gasteiger partial charge in [-0.05, 0) is 50.2 Å². The lowest BCUT2D eigenvalue weighted by atomic mass is 9.92. The van der Waals surface area contributed by atoms with Crippen molar-refractivity contribution in [1.82, 2.24) is 24.6 Å². The Morgan fingerprint density at radius 1 is 1.07 bits per heavy atom. The Morgan fingerprint density at radius 3 is 2.55 bits per heavy atom. The fourth-order valence-electron chi connectivity index (χ4n) is 3.64. The molecular formula is C21H30N8. The molecule has 1 aliphatic carbocycles. The molecule has 1 fully saturated rings. The molecule has 0 aliphatic heterocycles. The van der Waals surface area contributed by atoms with Crippen molar-refractivity contribution in [1.29, 1.82) is 0 Å². The molecular weight excluding hydrogens is 364 g/mol. The molecule has 0 saturated heterocycles. The highest BCUT2D eigenvalue weighted by molar-refractivity contribution is 5.62. The molecule has 3 aromatic heterocycles. The molecule has 0 aromatic carbocycles. The summed E-state index contributed by atoms with van der Waals surface area (Å²) in [7, 11) is 0. The Balaban J connectivity index is 1.48. The quantitative estimate of drug-likeness (QED) is 0.564. The lowest BCUT2D eigenvalue weighted by Gasteiger charge is -2.27. The number of nitrogens with two attached hydrogens (primary N) is 1. The lowest BCUT2D eigenvalue weighted by molar-refractivity contribution is 0.410. The lowest BCUT2D eigenvalue weighted by Crippen LogP contribution is -2.33. The van der Waals surface area contributed by atoms with Gasteiger partial charge in [0.05, 0.1) is 11.9 Å². The van der Waals surface area contributed by atoms with Crippen LogP contribution >= 0.6 is 0 Å². The van der Waals surface area contributed by atoms with Crippen LogP contribution in [0.5, 0.6) is 0 Å². The minimum Gasteiger partial charge on any atom is -0.366 e. The highest BCUT2D eigenvalue weighted by Crippen LogP contribution is 2.23. The maximum atomic E-state index is 6.01. The Morgan fingerprint density at radius 2 is 1.83 bits per heavy atom. The van der Waals surface area contributed by atoms with E-state index in [1.807, 2.05) is 35.2 Å². The molecule has 0 spiro atoms. The van der Waals surface area contributed by atoms with E-state index in [4.69, 9.17) is 10.8 Å². The number of aromatic nitrogens is 5. The molecule has 4 rings (SSSR count). The number of nitrogens with zero attached hydrogens (tertiary/aromatic N) is 5. The standard InChI is InChI=1S/C21H30N8/c1-14(2)9-10-23-21-25-11-15(12-26-21)18-13-24-20-8-7-19(28-29(18)20)27-17-5-3-16(22)4-6-17/h7-8,11-14,16-17H,3-6,9-10,22H2,1-2H3,(H,27,28)(H,23,25,26). The maximum Gasteiger partial charge on any atom is 0.222 e. The van der Waals surface area contributed by atoms with Crippen LogP contribution in [0, 0.1) is 5.92 Å². The van der Waals surface area contributed by atoms with E-state index in [0.717, 1.165) is 61.4 Å². The molecule has 0 bridgehead atoms. The number of imidazole rings is 1. The van der Waals surface area contributed by atoms with Gasteiger partial charge >= 0.3 is 0 Å². The van der Waals surface area contributed by atoms with Crippen LogP contribution in [-0.4, -0.2) is 43.2 Å². The average molecular weight is 395 g/mol. The molecule has 8 heteroatoms. The second-order valence-electron chi connectivity index (χ2n) is 8.29. The Hall–Kier alpha value is -2.74. The third-order valence-corrected chi connectivity index (χ3v) is 5.44. The van der Waals surface area contributed by atoms with Crippen LogP contribution < -0.4 is 16.4 Å². The minimum absolute atomic E-state index is 0.339. The summed E-state index contributed by atoms with van der Waals surface area (Å²) < 4.78 is 1.85. The third kappa shape index (κ3) is 4.82. The first kappa shape index (κ1) is 19.6. The maximum absolute atomic E-state index is 6.01. The van der Waals surface area contributed by atoms with Crippen molar-refractivity contribution in [3.8, 4) is 11.3 Å². The van der Waals surface area contributed by atoms with E-state index in [9.17, 15) is 0 Å². The van der Waals surface area contributed by atoms with Gasteiger partial charge in [0.25, 0.3) is 0 Å². The average Bonchev–Trinajstić information content (AvgIpc) is 3.13. The summed E-state index contributed by atoms with van der Waals surface area (Å²) in [6, 6.07) is 4.73. The molecule has 1 saturated carbocycles. The molecule has 1 aliphatic rings. The summed E-state index contributed by atoms with van der Waals surface area (Å²) in [4.78, 5) is 13.4. The van der Waals surface area contributed by atoms with Crippen molar-refractivity contribution >= 4 is 17.4 Å². The highest BCUT2D eigenvalue weighted by Gasteiger charge is 2.19. The monoisotopic (exact) mass is 394 g/mol. The first-order valence-electron chi connectivity index (χ1n) is 10.5. The molecule has 0 atom stereocenters. The number of rotatable bonds is 7. The molecule has 3 heterocycles. The third-order valence-electron chi connectivity index (χ3n) is 5.44. The van der Waals surface area contributed by atoms with Crippen molar-refractivity contribution in [2.45, 2.75) is 58.0 Å². The second kappa shape index (κ2) is 8.73. The molecule has 154 valence electrons. The predicted octanol–water partition coefficient (Wildman–Crippen LogP) is 3.33. The van der Waals surface area contributed by atoms with E-state index < -0.39 is 0 Å². The van der Waals surface area contributed by atoms with Crippen molar-refractivity contribution < 1.29 is 0 Å². The molecule has 0 unspecified atom stereocenters. The van der Waals surface area contributed by atoms with Crippen LogP contribution in [-0.2, 0) is 0 Å². The van der Waals surface area contributed by atoms with Crippen molar-refractivity contribution in [2.24, 2.45) is 11.7 Å². The fraction of sp³-hybridized carbons (Fsp3) is 0.524. The molecule has 0 amide bonds. The largest absolute Gasteiger partial charge is 0.366 e. The zero-order valence-corrected chi connectivity index (χ0v) is 17.2. The summed E-state index contributed by atoms with van der Waals surface area (Å²) in [5.41, 5.74) is 8.58. The van der Waals surface area contributed by atoms with Gasteiger partial charge in [-0.3, -0.25) is 0 Å². The number of hydrogen-bond donors (Lipinski definition) is 3. The number of fused-ring (bicyclic) bond motifs is 1. The number of hydrogen-bond acceptors (Lipinski definition) is 7. The van der Waals surface area contributed by atoms with Gasteiger partial charge in [-0.25, -0.2) is 19.5 Å². The first-order chi connectivity index (χ1) is 14.1. The van der Waals surface area contributed by atoms with Crippen LogP contribution in [0.25, 0.3) is 16.9 Å². The highest BCUT2D eigenvalue weighted by atomic mass is 15.3. The minimum atomic E-state index is 0.339. The predicted molar refractivity (Wildman–Crippen MR) is 116 cm³/mol. The van der Waals surface area contributed by atoms with Gasteiger partial charge in [0.1, 0.15) is 5.82 Å². The van der Waals surface area contributed by atoms with Crippen LogP contribution in [0.2, 0.25) is 0 Å². The van der Waals surface area contributed by atoms with Gasteiger partial charge in [0.2, 0.25) is 5.95 Å². The summed E-state index contributed by atoms with van der Waals surface area (Å²) in [6.07, 6.45) is 10.8. The van der Waals surface area contributed by atoms with Gasteiger partial charge in [0.15, 0.2) is 5.65 Å². The van der Waals surface area contributed by atoms with E-state index in [2.05, 4.69) is 39.4 Å². The first-order valence-corrected chi connectivity index (χ1v) is 10.5. The van der Waals surface area contributed by atoms with Crippen LogP contribution in [0.15, 0.2) is 30.7 Å². The molecule has 4 N–H and O–H groups in total. The Kier molecular flexibility index (Phi) is 5.89. The summed E-state index contributed by atoms with van der Waals surface area (Å²) in [5.74, 6) is 2.15. The number of nitrogens with one attached hydrogen (secondary N) is 2. The van der Waals surface area contributed by atoms with Crippen LogP contribution in [0.1, 0.15) is 46.0 Å². The smallest absolute Gasteiger partial charge is 0.222 e. The van der Waals surface area contributed by atoms with E-state index in [-0.39, 0.29) is 0 Å². The topological polar surface area (TPSA) is 106 Å². The normalized spacial score (nSPS) is 19.6. The van der Waals surface area contributed by atoms with Crippen molar-refractivity contribution in [3.05, 3.63) is 30.7 Å². The van der Waals surface area contributed by atoms with E-state index >= 15 is 0 Å². The summed E-state index contributed by atoms with van der Waals surface area (Å²) in [5, 5.41) is 11.6. The van der Waals surface area contributed by atoms with Crippen LogP contribution in [0.3, 0.4) is 0 Å². The molecule has 29 heavy (non-hydrogen) atoms. The van der Waals surface area contributed by atoms with Gasteiger partial charge in [0, 0.05) is 36.6 Å². The van der Waals surface area contributed by atoms with Crippen molar-refractivity contribution in [2.75, 3.05) is 17.2 Å². The Labute approximate surface area is 171 Å². The number of anilines is 2. The molecule has 3 aromatic rings. The van der Waals surface area contributed by atoms with E-state index in [0.29, 0.717) is 23.9 Å². The van der Waals surface area contributed by atoms with Crippen LogP contribution in [0.4, 0.5) is 11.8 Å². The van der Waals surface area contributed by atoms with Crippen molar-refractivity contribution in [3.63, 3.8) is 0 Å². The fourth-order valence-corrected chi connectivity index (χ4v) is 3.64. The van der Waals surface area contributed by atoms with E-state index in [1.165, 1.54) is 0 Å². The summed E-state index contributed by atoms with van der Waals surface area (Å²) >= 11 is 0. The zero-order chi connectivity index (χ0) is 20.2. The molecule has 0 radical (unpaired) electrons. The van der Waals surface area contributed by atoms with Gasteiger partial charge in [-0.1, -0.05) is 13.8 Å². The Bertz CT molecular complexity index is 926. The zero-order valence-electron chi connectivity index (χ0n) is 17.2.